The van der Waals surface area contributed by atoms with Crippen molar-refractivity contribution in [2.75, 3.05) is 0 Å². The molecular weight excluding hydrogens is 260 g/mol. The normalized spacial score (nSPS) is 14.1. The van der Waals surface area contributed by atoms with E-state index in [0.29, 0.717) is 12.0 Å². The summed E-state index contributed by atoms with van der Waals surface area (Å²) in [5, 5.41) is 0. The Morgan fingerprint density at radius 3 is 2.40 bits per heavy atom. The lowest BCUT2D eigenvalue weighted by molar-refractivity contribution is -0.148. The van der Waals surface area contributed by atoms with Crippen LogP contribution in [-0.4, -0.2) is 22.7 Å². The van der Waals surface area contributed by atoms with E-state index in [1.54, 1.807) is 13.8 Å². The molecule has 0 aromatic carbocycles. The van der Waals surface area contributed by atoms with Crippen molar-refractivity contribution in [3.63, 3.8) is 0 Å². The lowest BCUT2D eigenvalue weighted by Crippen LogP contribution is -2.24. The number of hydrogen-bond acceptors (Lipinski definition) is 3. The summed E-state index contributed by atoms with van der Waals surface area (Å²) in [6.07, 6.45) is 0.470. The largest absolute Gasteiger partial charge is 0.461 e. The van der Waals surface area contributed by atoms with Crippen LogP contribution in [-0.2, 0) is 14.3 Å². The van der Waals surface area contributed by atoms with Crippen molar-refractivity contribution < 1.29 is 14.3 Å². The van der Waals surface area contributed by atoms with Gasteiger partial charge in [0.15, 0.2) is 5.78 Å². The van der Waals surface area contributed by atoms with Crippen LogP contribution in [0.2, 0.25) is 0 Å². The second-order valence-electron chi connectivity index (χ2n) is 3.53. The second kappa shape index (κ2) is 6.77. The third kappa shape index (κ3) is 5.72. The first-order valence-electron chi connectivity index (χ1n) is 4.91. The van der Waals surface area contributed by atoms with Crippen LogP contribution in [0.5, 0.6) is 0 Å². The average molecular weight is 277 g/mol. The molecule has 0 amide bonds. The van der Waals surface area contributed by atoms with Crippen molar-refractivity contribution in [2.24, 2.45) is 0 Å². The van der Waals surface area contributed by atoms with E-state index in [-0.39, 0.29) is 23.0 Å². The van der Waals surface area contributed by atoms with Crippen molar-refractivity contribution in [3.05, 3.63) is 12.2 Å². The highest BCUT2D eigenvalue weighted by Gasteiger charge is 2.18. The van der Waals surface area contributed by atoms with Crippen LogP contribution < -0.4 is 0 Å². The Balaban J connectivity index is 4.04. The molecule has 2 atom stereocenters. The van der Waals surface area contributed by atoms with Crippen LogP contribution >= 0.6 is 15.9 Å². The number of carbonyl (C=O) groups excluding carboxylic acids is 2. The number of allylic oxidation sites excluding steroid dienone is 1. The van der Waals surface area contributed by atoms with Crippen molar-refractivity contribution in [3.8, 4) is 0 Å². The van der Waals surface area contributed by atoms with Crippen molar-refractivity contribution in [1.82, 2.24) is 0 Å². The third-order valence-electron chi connectivity index (χ3n) is 1.88. The van der Waals surface area contributed by atoms with E-state index in [0.717, 1.165) is 0 Å². The molecule has 3 nitrogen and oxygen atoms in total. The van der Waals surface area contributed by atoms with Gasteiger partial charge in [-0.25, -0.2) is 0 Å². The monoisotopic (exact) mass is 276 g/mol. The molecule has 0 bridgehead atoms. The lowest BCUT2D eigenvalue weighted by Gasteiger charge is -2.14. The van der Waals surface area contributed by atoms with E-state index in [4.69, 9.17) is 4.74 Å². The lowest BCUT2D eigenvalue weighted by atomic mass is 10.1. The standard InChI is InChI=1S/C11H17BrO3/c1-5-9(12)11(14)15-8(4)6-10(13)7(2)3/h8-9H,2,5-6H2,1,3-4H3. The average Bonchev–Trinajstić information content (AvgIpc) is 2.15. The van der Waals surface area contributed by atoms with Gasteiger partial charge in [-0.15, -0.1) is 0 Å². The Morgan fingerprint density at radius 1 is 1.47 bits per heavy atom. The van der Waals surface area contributed by atoms with E-state index in [1.165, 1.54) is 0 Å². The summed E-state index contributed by atoms with van der Waals surface area (Å²) in [7, 11) is 0. The molecule has 0 aliphatic carbocycles. The summed E-state index contributed by atoms with van der Waals surface area (Å²) < 4.78 is 5.08. The van der Waals surface area contributed by atoms with Crippen LogP contribution in [0.4, 0.5) is 0 Å². The third-order valence-corrected chi connectivity index (χ3v) is 2.90. The summed E-state index contributed by atoms with van der Waals surface area (Å²) in [4.78, 5) is 22.3. The van der Waals surface area contributed by atoms with Gasteiger partial charge >= 0.3 is 5.97 Å². The van der Waals surface area contributed by atoms with Gasteiger partial charge in [0, 0.05) is 6.42 Å². The van der Waals surface area contributed by atoms with E-state index in [1.807, 2.05) is 6.92 Å². The molecule has 0 fully saturated rings. The van der Waals surface area contributed by atoms with Gasteiger partial charge in [-0.05, 0) is 25.8 Å². The fraction of sp³-hybridized carbons (Fsp3) is 0.636. The molecule has 4 heteroatoms. The smallest absolute Gasteiger partial charge is 0.319 e. The fourth-order valence-electron chi connectivity index (χ4n) is 0.916. The predicted octanol–water partition coefficient (Wildman–Crippen LogP) is 2.63. The number of Topliss-reactive ketones (excluding diaryl/α,β-unsaturated/α-hetero) is 1. The molecule has 0 aliphatic heterocycles. The van der Waals surface area contributed by atoms with Crippen molar-refractivity contribution in [1.29, 1.82) is 0 Å². The van der Waals surface area contributed by atoms with E-state index < -0.39 is 6.10 Å². The Morgan fingerprint density at radius 2 is 2.00 bits per heavy atom. The second-order valence-corrected chi connectivity index (χ2v) is 4.64. The molecule has 0 saturated carbocycles. The zero-order valence-corrected chi connectivity index (χ0v) is 11.0. The van der Waals surface area contributed by atoms with Gasteiger partial charge in [-0.1, -0.05) is 29.4 Å². The van der Waals surface area contributed by atoms with Gasteiger partial charge in [0.05, 0.1) is 0 Å². The van der Waals surface area contributed by atoms with Crippen LogP contribution in [0.3, 0.4) is 0 Å². The molecular formula is C11H17BrO3. The molecule has 2 unspecified atom stereocenters. The maximum Gasteiger partial charge on any atom is 0.319 e. The fourth-order valence-corrected chi connectivity index (χ4v) is 1.02. The molecule has 0 N–H and O–H groups in total. The topological polar surface area (TPSA) is 43.4 Å². The number of carbonyl (C=O) groups is 2. The summed E-state index contributed by atoms with van der Waals surface area (Å²) in [5.74, 6) is -0.391. The van der Waals surface area contributed by atoms with Gasteiger partial charge < -0.3 is 4.74 Å². The highest BCUT2D eigenvalue weighted by atomic mass is 79.9. The summed E-state index contributed by atoms with van der Waals surface area (Å²) in [5.41, 5.74) is 0.490. The first kappa shape index (κ1) is 14.4. The number of ether oxygens (including phenoxy) is 1. The highest BCUT2D eigenvalue weighted by Crippen LogP contribution is 2.10. The van der Waals surface area contributed by atoms with Crippen LogP contribution in [0, 0.1) is 0 Å². The summed E-state index contributed by atoms with van der Waals surface area (Å²) in [6, 6.07) is 0. The highest BCUT2D eigenvalue weighted by molar-refractivity contribution is 9.10. The van der Waals surface area contributed by atoms with E-state index in [9.17, 15) is 9.59 Å². The SMILES string of the molecule is C=C(C)C(=O)CC(C)OC(=O)C(Br)CC. The molecule has 0 aliphatic rings. The number of rotatable bonds is 6. The summed E-state index contributed by atoms with van der Waals surface area (Å²) in [6.45, 7) is 8.77. The Kier molecular flexibility index (Phi) is 6.48. The van der Waals surface area contributed by atoms with Crippen molar-refractivity contribution in [2.45, 2.75) is 44.5 Å². The number of halogens is 1. The Bertz CT molecular complexity index is 261. The van der Waals surface area contributed by atoms with Crippen molar-refractivity contribution >= 4 is 27.7 Å². The number of ketones is 1. The molecule has 0 heterocycles. The zero-order valence-electron chi connectivity index (χ0n) is 9.38. The number of alkyl halides is 1. The first-order chi connectivity index (χ1) is 6.88. The van der Waals surface area contributed by atoms with Gasteiger partial charge in [-0.3, -0.25) is 9.59 Å². The molecule has 0 aromatic rings. The maximum absolute atomic E-state index is 11.3. The molecule has 0 spiro atoms. The zero-order chi connectivity index (χ0) is 12.0. The van der Waals surface area contributed by atoms with Crippen LogP contribution in [0.25, 0.3) is 0 Å². The van der Waals surface area contributed by atoms with Crippen LogP contribution in [0.15, 0.2) is 12.2 Å². The van der Waals surface area contributed by atoms with E-state index >= 15 is 0 Å². The van der Waals surface area contributed by atoms with Crippen LogP contribution in [0.1, 0.15) is 33.6 Å². The van der Waals surface area contributed by atoms with E-state index in [2.05, 4.69) is 22.5 Å². The Labute approximate surface area is 99.0 Å². The molecule has 15 heavy (non-hydrogen) atoms. The molecule has 0 saturated heterocycles. The maximum atomic E-state index is 11.3. The van der Waals surface area contributed by atoms with Gasteiger partial charge in [0.25, 0.3) is 0 Å². The number of esters is 1. The van der Waals surface area contributed by atoms with Gasteiger partial charge in [0.2, 0.25) is 0 Å². The molecule has 0 aromatic heterocycles. The first-order valence-corrected chi connectivity index (χ1v) is 5.83. The minimum atomic E-state index is -0.395. The molecule has 0 rings (SSSR count). The van der Waals surface area contributed by atoms with Gasteiger partial charge in [-0.2, -0.15) is 0 Å². The summed E-state index contributed by atoms with van der Waals surface area (Å²) >= 11 is 3.19. The molecule has 0 radical (unpaired) electrons. The molecule has 86 valence electrons. The predicted molar refractivity (Wildman–Crippen MR) is 63.0 cm³/mol. The quantitative estimate of drug-likeness (QED) is 0.426. The number of hydrogen-bond donors (Lipinski definition) is 0. The minimum absolute atomic E-state index is 0.0714. The van der Waals surface area contributed by atoms with Gasteiger partial charge in [0.1, 0.15) is 10.9 Å². The minimum Gasteiger partial charge on any atom is -0.461 e. The Hall–Kier alpha value is -0.640.